The smallest absolute Gasteiger partial charge is 0.220 e. The monoisotopic (exact) mass is 290 g/mol. The van der Waals surface area contributed by atoms with Gasteiger partial charge in [-0.15, -0.1) is 0 Å². The van der Waals surface area contributed by atoms with E-state index in [1.807, 2.05) is 6.92 Å². The minimum Gasteiger partial charge on any atom is -0.352 e. The van der Waals surface area contributed by atoms with Crippen LogP contribution in [0.2, 0.25) is 0 Å². The number of aryl methyl sites for hydroxylation is 1. The van der Waals surface area contributed by atoms with E-state index in [1.54, 1.807) is 0 Å². The van der Waals surface area contributed by atoms with Crippen molar-refractivity contribution in [3.63, 3.8) is 0 Å². The predicted octanol–water partition coefficient (Wildman–Crippen LogP) is 3.16. The molecule has 21 heavy (non-hydrogen) atoms. The maximum absolute atomic E-state index is 11.6. The van der Waals surface area contributed by atoms with E-state index in [4.69, 9.17) is 5.73 Å². The van der Waals surface area contributed by atoms with E-state index in [2.05, 4.69) is 50.4 Å². The van der Waals surface area contributed by atoms with Gasteiger partial charge in [0.25, 0.3) is 0 Å². The molecule has 0 aromatic heterocycles. The Morgan fingerprint density at radius 3 is 2.33 bits per heavy atom. The summed E-state index contributed by atoms with van der Waals surface area (Å²) >= 11 is 0. The summed E-state index contributed by atoms with van der Waals surface area (Å²) in [5.41, 5.74) is 8.39. The van der Waals surface area contributed by atoms with Crippen LogP contribution in [0.3, 0.4) is 0 Å². The molecule has 118 valence electrons. The van der Waals surface area contributed by atoms with Gasteiger partial charge in [-0.25, -0.2) is 0 Å². The van der Waals surface area contributed by atoms with Gasteiger partial charge in [-0.1, -0.05) is 45.0 Å². The zero-order chi connectivity index (χ0) is 15.9. The molecule has 3 N–H and O–H groups in total. The van der Waals surface area contributed by atoms with Crippen LogP contribution in [0.25, 0.3) is 0 Å². The molecule has 3 heteroatoms. The third-order valence-corrected chi connectivity index (χ3v) is 3.70. The Hall–Kier alpha value is -1.35. The van der Waals surface area contributed by atoms with E-state index in [0.717, 1.165) is 19.3 Å². The van der Waals surface area contributed by atoms with Gasteiger partial charge in [0.2, 0.25) is 5.91 Å². The van der Waals surface area contributed by atoms with Crippen molar-refractivity contribution in [3.05, 3.63) is 35.4 Å². The maximum Gasteiger partial charge on any atom is 0.220 e. The standard InChI is InChI=1S/C18H30N2O/c1-14(13-19)20-17(21)8-6-5-7-15-9-11-16(12-10-15)18(2,3)4/h9-12,14H,5-8,13,19H2,1-4H3,(H,20,21)/t14-/m0/s1. The first kappa shape index (κ1) is 17.7. The van der Waals surface area contributed by atoms with Crippen molar-refractivity contribution in [2.75, 3.05) is 6.54 Å². The molecule has 0 heterocycles. The second-order valence-corrected chi connectivity index (χ2v) is 6.86. The molecule has 1 aromatic rings. The number of unbranched alkanes of at least 4 members (excludes halogenated alkanes) is 1. The van der Waals surface area contributed by atoms with Crippen molar-refractivity contribution in [3.8, 4) is 0 Å². The Morgan fingerprint density at radius 2 is 1.81 bits per heavy atom. The van der Waals surface area contributed by atoms with Gasteiger partial charge in [-0.2, -0.15) is 0 Å². The van der Waals surface area contributed by atoms with E-state index in [1.165, 1.54) is 11.1 Å². The molecule has 0 saturated carbocycles. The van der Waals surface area contributed by atoms with Crippen LogP contribution in [-0.2, 0) is 16.6 Å². The predicted molar refractivity (Wildman–Crippen MR) is 89.4 cm³/mol. The van der Waals surface area contributed by atoms with E-state index in [9.17, 15) is 4.79 Å². The number of benzene rings is 1. The fraction of sp³-hybridized carbons (Fsp3) is 0.611. The van der Waals surface area contributed by atoms with Gasteiger partial charge in [0.15, 0.2) is 0 Å². The van der Waals surface area contributed by atoms with Crippen molar-refractivity contribution in [2.24, 2.45) is 5.73 Å². The van der Waals surface area contributed by atoms with Gasteiger partial charge >= 0.3 is 0 Å². The molecule has 0 aliphatic heterocycles. The molecule has 0 aliphatic rings. The molecular weight excluding hydrogens is 260 g/mol. The maximum atomic E-state index is 11.6. The molecule has 1 rings (SSSR count). The summed E-state index contributed by atoms with van der Waals surface area (Å²) in [4.78, 5) is 11.6. The fourth-order valence-corrected chi connectivity index (χ4v) is 2.19. The van der Waals surface area contributed by atoms with Gasteiger partial charge in [0, 0.05) is 19.0 Å². The number of rotatable bonds is 7. The lowest BCUT2D eigenvalue weighted by Gasteiger charge is -2.19. The first-order valence-corrected chi connectivity index (χ1v) is 7.92. The first-order valence-electron chi connectivity index (χ1n) is 7.92. The lowest BCUT2D eigenvalue weighted by atomic mass is 9.86. The van der Waals surface area contributed by atoms with Gasteiger partial charge < -0.3 is 11.1 Å². The molecule has 0 spiro atoms. The summed E-state index contributed by atoms with van der Waals surface area (Å²) in [6, 6.07) is 8.91. The van der Waals surface area contributed by atoms with E-state index in [-0.39, 0.29) is 17.4 Å². The Balaban J connectivity index is 2.28. The topological polar surface area (TPSA) is 55.1 Å². The number of hydrogen-bond acceptors (Lipinski definition) is 2. The van der Waals surface area contributed by atoms with Crippen molar-refractivity contribution >= 4 is 5.91 Å². The van der Waals surface area contributed by atoms with Crippen LogP contribution in [0, 0.1) is 0 Å². The first-order chi connectivity index (χ1) is 9.82. The summed E-state index contributed by atoms with van der Waals surface area (Å²) in [5, 5.41) is 2.89. The molecular formula is C18H30N2O. The Kier molecular flexibility index (Phi) is 6.90. The summed E-state index contributed by atoms with van der Waals surface area (Å²) in [7, 11) is 0. The third-order valence-electron chi connectivity index (χ3n) is 3.70. The molecule has 1 atom stereocenters. The highest BCUT2D eigenvalue weighted by atomic mass is 16.1. The molecule has 1 amide bonds. The SMILES string of the molecule is C[C@@H](CN)NC(=O)CCCCc1ccc(C(C)(C)C)cc1. The lowest BCUT2D eigenvalue weighted by Crippen LogP contribution is -2.37. The largest absolute Gasteiger partial charge is 0.352 e. The van der Waals surface area contributed by atoms with E-state index >= 15 is 0 Å². The summed E-state index contributed by atoms with van der Waals surface area (Å²) in [5.74, 6) is 0.107. The number of carbonyl (C=O) groups excluding carboxylic acids is 1. The highest BCUT2D eigenvalue weighted by Gasteiger charge is 2.12. The zero-order valence-corrected chi connectivity index (χ0v) is 13.9. The third kappa shape index (κ3) is 6.76. The van der Waals surface area contributed by atoms with Gasteiger partial charge in [-0.3, -0.25) is 4.79 Å². The second-order valence-electron chi connectivity index (χ2n) is 6.86. The Labute approximate surface area is 129 Å². The van der Waals surface area contributed by atoms with Crippen molar-refractivity contribution in [1.82, 2.24) is 5.32 Å². The second kappa shape index (κ2) is 8.18. The van der Waals surface area contributed by atoms with E-state index in [0.29, 0.717) is 13.0 Å². The van der Waals surface area contributed by atoms with Crippen LogP contribution in [0.4, 0.5) is 0 Å². The minimum atomic E-state index is 0.0717. The molecule has 0 bridgehead atoms. The van der Waals surface area contributed by atoms with E-state index < -0.39 is 0 Å². The zero-order valence-electron chi connectivity index (χ0n) is 13.9. The summed E-state index contributed by atoms with van der Waals surface area (Å²) in [6.45, 7) is 9.09. The number of carbonyl (C=O) groups is 1. The molecule has 0 unspecified atom stereocenters. The van der Waals surface area contributed by atoms with Crippen LogP contribution < -0.4 is 11.1 Å². The number of nitrogens with one attached hydrogen (secondary N) is 1. The van der Waals surface area contributed by atoms with Gasteiger partial charge in [0.05, 0.1) is 0 Å². The number of hydrogen-bond donors (Lipinski definition) is 2. The number of amides is 1. The fourth-order valence-electron chi connectivity index (χ4n) is 2.19. The number of nitrogens with two attached hydrogens (primary N) is 1. The Morgan fingerprint density at radius 1 is 1.19 bits per heavy atom. The highest BCUT2D eigenvalue weighted by Crippen LogP contribution is 2.22. The van der Waals surface area contributed by atoms with Gasteiger partial charge in [0.1, 0.15) is 0 Å². The average molecular weight is 290 g/mol. The molecule has 0 saturated heterocycles. The minimum absolute atomic E-state index is 0.0717. The van der Waals surface area contributed by atoms with Crippen LogP contribution in [0.5, 0.6) is 0 Å². The van der Waals surface area contributed by atoms with Gasteiger partial charge in [-0.05, 0) is 42.7 Å². The van der Waals surface area contributed by atoms with Crippen LogP contribution in [-0.4, -0.2) is 18.5 Å². The average Bonchev–Trinajstić information content (AvgIpc) is 2.43. The van der Waals surface area contributed by atoms with Crippen LogP contribution in [0.15, 0.2) is 24.3 Å². The molecule has 1 aromatic carbocycles. The molecule has 0 aliphatic carbocycles. The molecule has 0 radical (unpaired) electrons. The highest BCUT2D eigenvalue weighted by molar-refractivity contribution is 5.76. The normalized spacial score (nSPS) is 13.0. The van der Waals surface area contributed by atoms with Crippen molar-refractivity contribution in [1.29, 1.82) is 0 Å². The molecule has 0 fully saturated rings. The summed E-state index contributed by atoms with van der Waals surface area (Å²) < 4.78 is 0. The van der Waals surface area contributed by atoms with Crippen LogP contribution in [0.1, 0.15) is 58.1 Å². The Bertz CT molecular complexity index is 432. The summed E-state index contributed by atoms with van der Waals surface area (Å²) in [6.07, 6.45) is 3.58. The van der Waals surface area contributed by atoms with Crippen LogP contribution >= 0.6 is 0 Å². The molecule has 3 nitrogen and oxygen atoms in total. The van der Waals surface area contributed by atoms with Crippen molar-refractivity contribution in [2.45, 2.75) is 64.8 Å². The lowest BCUT2D eigenvalue weighted by molar-refractivity contribution is -0.121. The quantitative estimate of drug-likeness (QED) is 0.758. The van der Waals surface area contributed by atoms with Crippen molar-refractivity contribution < 1.29 is 4.79 Å².